The number of thioether (sulfide) groups is 1. The lowest BCUT2D eigenvalue weighted by atomic mass is 10.1. The molecule has 0 spiro atoms. The van der Waals surface area contributed by atoms with Gasteiger partial charge in [-0.25, -0.2) is 0 Å². The molecular formula is C24H20ClN3O4S2. The van der Waals surface area contributed by atoms with Gasteiger partial charge >= 0.3 is 0 Å². The number of rotatable bonds is 5. The molecule has 5 rings (SSSR count). The van der Waals surface area contributed by atoms with Crippen molar-refractivity contribution in [2.24, 2.45) is 0 Å². The number of anilines is 2. The number of fused-ring (bicyclic) bond motifs is 1. The van der Waals surface area contributed by atoms with E-state index in [0.717, 1.165) is 24.6 Å². The number of halogens is 1. The Morgan fingerprint density at radius 1 is 1.12 bits per heavy atom. The number of hydrogen-bond acceptors (Lipinski definition) is 6. The minimum absolute atomic E-state index is 0.0524. The second-order valence-corrected chi connectivity index (χ2v) is 10.1. The highest BCUT2D eigenvalue weighted by Crippen LogP contribution is 2.44. The van der Waals surface area contributed by atoms with Crippen molar-refractivity contribution in [2.75, 3.05) is 29.9 Å². The van der Waals surface area contributed by atoms with Crippen LogP contribution in [0.15, 0.2) is 53.4 Å². The minimum atomic E-state index is -0.409. The zero-order chi connectivity index (χ0) is 23.8. The summed E-state index contributed by atoms with van der Waals surface area (Å²) in [7, 11) is 0. The molecule has 2 aromatic rings. The summed E-state index contributed by atoms with van der Waals surface area (Å²) in [5.74, 6) is -1.11. The first-order valence-electron chi connectivity index (χ1n) is 10.8. The minimum Gasteiger partial charge on any atom is -0.376 e. The normalized spacial score (nSPS) is 22.0. The molecule has 3 aliphatic heterocycles. The van der Waals surface area contributed by atoms with E-state index in [1.807, 2.05) is 0 Å². The molecule has 7 nitrogen and oxygen atoms in total. The van der Waals surface area contributed by atoms with Gasteiger partial charge in [0.1, 0.15) is 10.9 Å². The topological polar surface area (TPSA) is 79.0 Å². The molecule has 0 unspecified atom stereocenters. The van der Waals surface area contributed by atoms with Crippen molar-refractivity contribution in [3.8, 4) is 0 Å². The number of nitrogens with one attached hydrogen (secondary N) is 1. The Morgan fingerprint density at radius 3 is 2.65 bits per heavy atom. The van der Waals surface area contributed by atoms with Crippen LogP contribution < -0.4 is 10.2 Å². The van der Waals surface area contributed by atoms with Gasteiger partial charge in [-0.15, -0.1) is 0 Å². The highest BCUT2D eigenvalue weighted by atomic mass is 35.5. The quantitative estimate of drug-likeness (QED) is 0.479. The number of benzene rings is 2. The molecule has 3 amide bonds. The summed E-state index contributed by atoms with van der Waals surface area (Å²) in [5, 5.41) is 3.14. The first-order valence-corrected chi connectivity index (χ1v) is 12.4. The van der Waals surface area contributed by atoms with Crippen LogP contribution in [0.5, 0.6) is 0 Å². The third-order valence-corrected chi connectivity index (χ3v) is 7.64. The maximum Gasteiger partial charge on any atom is 0.267 e. The number of hydrogen-bond donors (Lipinski definition) is 1. The molecule has 174 valence electrons. The lowest BCUT2D eigenvalue weighted by Gasteiger charge is -2.18. The number of carbonyl (C=O) groups excluding carboxylic acids is 3. The average molecular weight is 514 g/mol. The van der Waals surface area contributed by atoms with Crippen LogP contribution >= 0.6 is 35.6 Å². The van der Waals surface area contributed by atoms with Crippen LogP contribution in [0.25, 0.3) is 5.57 Å². The van der Waals surface area contributed by atoms with Crippen molar-refractivity contribution < 1.29 is 19.1 Å². The van der Waals surface area contributed by atoms with Gasteiger partial charge in [0.2, 0.25) is 5.91 Å². The summed E-state index contributed by atoms with van der Waals surface area (Å²) in [6.07, 6.45) is 1.78. The first kappa shape index (κ1) is 23.0. The molecule has 10 heteroatoms. The van der Waals surface area contributed by atoms with Gasteiger partial charge in [-0.2, -0.15) is 0 Å². The van der Waals surface area contributed by atoms with Crippen LogP contribution in [-0.4, -0.2) is 52.7 Å². The number of amides is 3. The molecule has 0 aliphatic carbocycles. The molecule has 0 bridgehead atoms. The van der Waals surface area contributed by atoms with Gasteiger partial charge in [-0.3, -0.25) is 24.2 Å². The van der Waals surface area contributed by atoms with E-state index >= 15 is 0 Å². The van der Waals surface area contributed by atoms with Gasteiger partial charge in [0.05, 0.1) is 39.5 Å². The van der Waals surface area contributed by atoms with Gasteiger partial charge in [0, 0.05) is 12.2 Å². The van der Waals surface area contributed by atoms with Gasteiger partial charge in [0.25, 0.3) is 11.8 Å². The molecule has 0 saturated carbocycles. The van der Waals surface area contributed by atoms with Crippen LogP contribution in [0.3, 0.4) is 0 Å². The molecular weight excluding hydrogens is 494 g/mol. The maximum absolute atomic E-state index is 13.5. The summed E-state index contributed by atoms with van der Waals surface area (Å²) in [6.45, 7) is 0.833. The zero-order valence-corrected chi connectivity index (χ0v) is 20.3. The van der Waals surface area contributed by atoms with Crippen molar-refractivity contribution in [3.63, 3.8) is 0 Å². The highest BCUT2D eigenvalue weighted by molar-refractivity contribution is 8.26. The predicted octanol–water partition coefficient (Wildman–Crippen LogP) is 4.08. The number of thiocarbonyl (C=S) groups is 1. The summed E-state index contributed by atoms with van der Waals surface area (Å²) in [4.78, 5) is 42.8. The van der Waals surface area contributed by atoms with Crippen molar-refractivity contribution in [3.05, 3.63) is 64.0 Å². The van der Waals surface area contributed by atoms with Gasteiger partial charge in [-0.1, -0.05) is 65.9 Å². The average Bonchev–Trinajstić information content (AvgIpc) is 3.50. The molecule has 2 aromatic carbocycles. The number of nitrogens with zero attached hydrogens (tertiary/aromatic N) is 2. The monoisotopic (exact) mass is 513 g/mol. The van der Waals surface area contributed by atoms with Crippen molar-refractivity contribution >= 4 is 74.6 Å². The summed E-state index contributed by atoms with van der Waals surface area (Å²) < 4.78 is 6.07. The summed E-state index contributed by atoms with van der Waals surface area (Å²) >= 11 is 12.7. The highest BCUT2D eigenvalue weighted by Gasteiger charge is 2.43. The van der Waals surface area contributed by atoms with Crippen LogP contribution in [-0.2, 0) is 19.1 Å². The van der Waals surface area contributed by atoms with E-state index in [-0.39, 0.29) is 29.0 Å². The van der Waals surface area contributed by atoms with Crippen LogP contribution in [0.2, 0.25) is 5.02 Å². The molecule has 1 atom stereocenters. The third kappa shape index (κ3) is 4.24. The Morgan fingerprint density at radius 2 is 1.88 bits per heavy atom. The van der Waals surface area contributed by atoms with E-state index in [9.17, 15) is 14.4 Å². The van der Waals surface area contributed by atoms with Gasteiger partial charge < -0.3 is 10.1 Å². The Labute approximate surface area is 211 Å². The molecule has 0 radical (unpaired) electrons. The second kappa shape index (κ2) is 9.50. The predicted molar refractivity (Wildman–Crippen MR) is 137 cm³/mol. The Bertz CT molecular complexity index is 1240. The second-order valence-electron chi connectivity index (χ2n) is 8.06. The van der Waals surface area contributed by atoms with Crippen molar-refractivity contribution in [1.29, 1.82) is 0 Å². The Kier molecular flexibility index (Phi) is 6.44. The van der Waals surface area contributed by atoms with Crippen molar-refractivity contribution in [2.45, 2.75) is 18.9 Å². The van der Waals surface area contributed by atoms with Crippen molar-refractivity contribution in [1.82, 2.24) is 4.90 Å². The van der Waals surface area contributed by atoms with E-state index in [0.29, 0.717) is 39.4 Å². The zero-order valence-electron chi connectivity index (χ0n) is 18.0. The standard InChI is InChI=1S/C24H20ClN3O4S2/c25-16-8-2-3-9-17(16)26-19(29)13-27-18-10-4-1-7-15(18)20(22(27)30)21-23(31)28(24(33)34-21)12-14-6-5-11-32-14/h1-4,7-10,14H,5-6,11-13H2,(H,26,29)/b21-20-/t14-/m0/s1. The van der Waals surface area contributed by atoms with Crippen LogP contribution in [0.4, 0.5) is 11.4 Å². The van der Waals surface area contributed by atoms with E-state index < -0.39 is 11.8 Å². The molecule has 2 fully saturated rings. The Hall–Kier alpha value is -2.72. The molecule has 2 saturated heterocycles. The molecule has 34 heavy (non-hydrogen) atoms. The van der Waals surface area contributed by atoms with E-state index in [4.69, 9.17) is 28.6 Å². The summed E-state index contributed by atoms with van der Waals surface area (Å²) in [6, 6.07) is 14.0. The maximum atomic E-state index is 13.5. The fourth-order valence-corrected chi connectivity index (χ4v) is 5.78. The summed E-state index contributed by atoms with van der Waals surface area (Å²) in [5.41, 5.74) is 1.91. The number of ether oxygens (including phenoxy) is 1. The largest absolute Gasteiger partial charge is 0.376 e. The lowest BCUT2D eigenvalue weighted by molar-refractivity contribution is -0.123. The molecule has 1 N–H and O–H groups in total. The Balaban J connectivity index is 1.42. The van der Waals surface area contributed by atoms with E-state index in [2.05, 4.69) is 5.32 Å². The first-order chi connectivity index (χ1) is 16.4. The fraction of sp³-hybridized carbons (Fsp3) is 0.250. The third-order valence-electron chi connectivity index (χ3n) is 5.86. The smallest absolute Gasteiger partial charge is 0.267 e. The van der Waals surface area contributed by atoms with E-state index in [1.165, 1.54) is 9.80 Å². The molecule has 0 aromatic heterocycles. The van der Waals surface area contributed by atoms with Crippen LogP contribution in [0.1, 0.15) is 18.4 Å². The van der Waals surface area contributed by atoms with E-state index in [1.54, 1.807) is 48.5 Å². The lowest BCUT2D eigenvalue weighted by Crippen LogP contribution is -2.36. The number of carbonyl (C=O) groups is 3. The van der Waals surface area contributed by atoms with Crippen LogP contribution in [0, 0.1) is 0 Å². The fourth-order valence-electron chi connectivity index (χ4n) is 4.25. The number of para-hydroxylation sites is 2. The molecule has 3 aliphatic rings. The van der Waals surface area contributed by atoms with Gasteiger partial charge in [0.15, 0.2) is 0 Å². The van der Waals surface area contributed by atoms with Gasteiger partial charge in [-0.05, 0) is 31.0 Å². The molecule has 3 heterocycles. The SMILES string of the molecule is O=C(CN1C(=O)/C(=C2\SC(=S)N(C[C@@H]3CCCO3)C2=O)c2ccccc21)Nc1ccccc1Cl.